The first-order chi connectivity index (χ1) is 10.6. The monoisotopic (exact) mass is 301 g/mol. The molecule has 0 spiro atoms. The average Bonchev–Trinajstić information content (AvgIpc) is 2.50. The molecule has 0 atom stereocenters. The van der Waals surface area contributed by atoms with Crippen molar-refractivity contribution in [2.45, 2.75) is 13.8 Å². The number of amides is 1. The molecule has 6 heteroatoms. The number of rotatable bonds is 6. The summed E-state index contributed by atoms with van der Waals surface area (Å²) >= 11 is 0. The Balaban J connectivity index is 1.81. The van der Waals surface area contributed by atoms with Crippen molar-refractivity contribution in [2.24, 2.45) is 0 Å². The van der Waals surface area contributed by atoms with Crippen molar-refractivity contribution in [2.75, 3.05) is 20.3 Å². The number of hydrogen-bond acceptors (Lipinski definition) is 5. The third-order valence-corrected chi connectivity index (χ3v) is 2.94. The van der Waals surface area contributed by atoms with Crippen LogP contribution in [0, 0.1) is 13.8 Å². The summed E-state index contributed by atoms with van der Waals surface area (Å²) in [6.45, 7) is 4.81. The molecule has 116 valence electrons. The molecule has 1 aromatic carbocycles. The number of benzene rings is 1. The molecule has 0 aliphatic rings. The predicted molar refractivity (Wildman–Crippen MR) is 82.3 cm³/mol. The zero-order chi connectivity index (χ0) is 15.9. The van der Waals surface area contributed by atoms with Crippen LogP contribution >= 0.6 is 0 Å². The van der Waals surface area contributed by atoms with Gasteiger partial charge < -0.3 is 14.8 Å². The lowest BCUT2D eigenvalue weighted by molar-refractivity contribution is 0.0941. The third kappa shape index (κ3) is 4.44. The summed E-state index contributed by atoms with van der Waals surface area (Å²) in [4.78, 5) is 19.7. The van der Waals surface area contributed by atoms with Gasteiger partial charge in [0.1, 0.15) is 24.4 Å². The fraction of sp³-hybridized carbons (Fsp3) is 0.312. The molecular weight excluding hydrogens is 282 g/mol. The first-order valence-corrected chi connectivity index (χ1v) is 6.94. The van der Waals surface area contributed by atoms with Crippen molar-refractivity contribution in [1.82, 2.24) is 15.3 Å². The largest absolute Gasteiger partial charge is 0.492 e. The number of aryl methyl sites for hydroxylation is 2. The van der Waals surface area contributed by atoms with Gasteiger partial charge in [0.2, 0.25) is 5.88 Å². The van der Waals surface area contributed by atoms with E-state index in [9.17, 15) is 4.79 Å². The number of nitrogens with zero attached hydrogens (tertiary/aromatic N) is 2. The molecule has 0 aliphatic carbocycles. The van der Waals surface area contributed by atoms with Gasteiger partial charge in [-0.05, 0) is 37.1 Å². The van der Waals surface area contributed by atoms with Gasteiger partial charge >= 0.3 is 0 Å². The number of ether oxygens (including phenoxy) is 2. The van der Waals surface area contributed by atoms with E-state index >= 15 is 0 Å². The quantitative estimate of drug-likeness (QED) is 0.825. The zero-order valence-corrected chi connectivity index (χ0v) is 12.9. The molecule has 0 radical (unpaired) electrons. The Morgan fingerprint density at radius 3 is 2.55 bits per heavy atom. The Morgan fingerprint density at radius 2 is 1.86 bits per heavy atom. The van der Waals surface area contributed by atoms with E-state index in [1.165, 1.54) is 19.5 Å². The van der Waals surface area contributed by atoms with Crippen molar-refractivity contribution in [1.29, 1.82) is 0 Å². The molecule has 0 aliphatic heterocycles. The fourth-order valence-electron chi connectivity index (χ4n) is 2.02. The topological polar surface area (TPSA) is 73.3 Å². The number of carbonyl (C=O) groups is 1. The molecule has 1 amide bonds. The minimum absolute atomic E-state index is 0.262. The molecule has 6 nitrogen and oxygen atoms in total. The Hall–Kier alpha value is -2.63. The maximum atomic E-state index is 11.9. The lowest BCUT2D eigenvalue weighted by atomic mass is 10.1. The van der Waals surface area contributed by atoms with Crippen molar-refractivity contribution in [3.05, 3.63) is 47.4 Å². The van der Waals surface area contributed by atoms with Crippen LogP contribution in [-0.2, 0) is 0 Å². The Labute approximate surface area is 129 Å². The average molecular weight is 301 g/mol. The highest BCUT2D eigenvalue weighted by Crippen LogP contribution is 2.15. The molecule has 0 bridgehead atoms. The standard InChI is InChI=1S/C16H19N3O3/c1-11-6-12(2)8-13(7-11)22-5-4-17-16(20)14-9-15(21-3)19-10-18-14/h6-10H,4-5H2,1-3H3,(H,17,20). The molecule has 22 heavy (non-hydrogen) atoms. The maximum absolute atomic E-state index is 11.9. The summed E-state index contributed by atoms with van der Waals surface area (Å²) < 4.78 is 10.6. The fourth-order valence-corrected chi connectivity index (χ4v) is 2.02. The van der Waals surface area contributed by atoms with Gasteiger partial charge in [0.05, 0.1) is 13.7 Å². The maximum Gasteiger partial charge on any atom is 0.270 e. The van der Waals surface area contributed by atoms with Gasteiger partial charge in [-0.2, -0.15) is 0 Å². The summed E-state index contributed by atoms with van der Waals surface area (Å²) in [6, 6.07) is 7.49. The van der Waals surface area contributed by atoms with Crippen LogP contribution in [0.1, 0.15) is 21.6 Å². The van der Waals surface area contributed by atoms with Gasteiger partial charge in [-0.1, -0.05) is 6.07 Å². The van der Waals surface area contributed by atoms with Crippen LogP contribution in [0.2, 0.25) is 0 Å². The Bertz CT molecular complexity index is 639. The van der Waals surface area contributed by atoms with Gasteiger partial charge in [-0.25, -0.2) is 9.97 Å². The van der Waals surface area contributed by atoms with Crippen molar-refractivity contribution >= 4 is 5.91 Å². The zero-order valence-electron chi connectivity index (χ0n) is 12.9. The second-order valence-electron chi connectivity index (χ2n) is 4.87. The third-order valence-electron chi connectivity index (χ3n) is 2.94. The van der Waals surface area contributed by atoms with Crippen molar-refractivity contribution in [3.8, 4) is 11.6 Å². The highest BCUT2D eigenvalue weighted by molar-refractivity contribution is 5.92. The minimum atomic E-state index is -0.287. The molecule has 1 heterocycles. The Morgan fingerprint density at radius 1 is 1.14 bits per heavy atom. The first kappa shape index (κ1) is 15.8. The van der Waals surface area contributed by atoms with Crippen LogP contribution in [0.5, 0.6) is 11.6 Å². The first-order valence-electron chi connectivity index (χ1n) is 6.94. The summed E-state index contributed by atoms with van der Waals surface area (Å²) in [6.07, 6.45) is 1.29. The second kappa shape index (κ2) is 7.40. The predicted octanol–water partition coefficient (Wildman–Crippen LogP) is 1.91. The van der Waals surface area contributed by atoms with Crippen LogP contribution in [0.25, 0.3) is 0 Å². The second-order valence-corrected chi connectivity index (χ2v) is 4.87. The van der Waals surface area contributed by atoms with Crippen molar-refractivity contribution in [3.63, 3.8) is 0 Å². The van der Waals surface area contributed by atoms with Crippen LogP contribution in [0.3, 0.4) is 0 Å². The van der Waals surface area contributed by atoms with Crippen LogP contribution < -0.4 is 14.8 Å². The number of aromatic nitrogens is 2. The van der Waals surface area contributed by atoms with E-state index in [1.807, 2.05) is 26.0 Å². The molecule has 2 rings (SSSR count). The van der Waals surface area contributed by atoms with E-state index in [1.54, 1.807) is 0 Å². The summed E-state index contributed by atoms with van der Waals surface area (Å²) in [5.41, 5.74) is 2.55. The number of carbonyl (C=O) groups excluding carboxylic acids is 1. The molecule has 0 saturated carbocycles. The normalized spacial score (nSPS) is 10.1. The highest BCUT2D eigenvalue weighted by Gasteiger charge is 2.08. The lowest BCUT2D eigenvalue weighted by Crippen LogP contribution is -2.28. The van der Waals surface area contributed by atoms with E-state index in [2.05, 4.69) is 21.4 Å². The summed E-state index contributed by atoms with van der Waals surface area (Å²) in [5.74, 6) is 0.867. The lowest BCUT2D eigenvalue weighted by Gasteiger charge is -2.09. The molecule has 0 unspecified atom stereocenters. The number of hydrogen-bond donors (Lipinski definition) is 1. The van der Waals surface area contributed by atoms with Crippen LogP contribution in [-0.4, -0.2) is 36.1 Å². The van der Waals surface area contributed by atoms with Gasteiger partial charge in [0.15, 0.2) is 0 Å². The number of nitrogens with one attached hydrogen (secondary N) is 1. The molecule has 0 fully saturated rings. The van der Waals surface area contributed by atoms with Gasteiger partial charge in [0.25, 0.3) is 5.91 Å². The summed E-state index contributed by atoms with van der Waals surface area (Å²) in [5, 5.41) is 2.74. The van der Waals surface area contributed by atoms with Crippen LogP contribution in [0.4, 0.5) is 0 Å². The van der Waals surface area contributed by atoms with E-state index in [0.29, 0.717) is 19.0 Å². The van der Waals surface area contributed by atoms with E-state index in [4.69, 9.17) is 9.47 Å². The molecule has 1 aromatic heterocycles. The van der Waals surface area contributed by atoms with Crippen molar-refractivity contribution < 1.29 is 14.3 Å². The molecule has 0 saturated heterocycles. The van der Waals surface area contributed by atoms with E-state index in [0.717, 1.165) is 16.9 Å². The van der Waals surface area contributed by atoms with Gasteiger partial charge in [-0.15, -0.1) is 0 Å². The van der Waals surface area contributed by atoms with E-state index < -0.39 is 0 Å². The van der Waals surface area contributed by atoms with E-state index in [-0.39, 0.29) is 11.6 Å². The number of methoxy groups -OCH3 is 1. The SMILES string of the molecule is COc1cc(C(=O)NCCOc2cc(C)cc(C)c2)ncn1. The molecule has 1 N–H and O–H groups in total. The van der Waals surface area contributed by atoms with Crippen LogP contribution in [0.15, 0.2) is 30.6 Å². The minimum Gasteiger partial charge on any atom is -0.492 e. The molecule has 2 aromatic rings. The highest BCUT2D eigenvalue weighted by atomic mass is 16.5. The van der Waals surface area contributed by atoms with Gasteiger partial charge in [0, 0.05) is 6.07 Å². The Kier molecular flexibility index (Phi) is 5.30. The summed E-state index contributed by atoms with van der Waals surface area (Å²) in [7, 11) is 1.49. The smallest absolute Gasteiger partial charge is 0.270 e. The van der Waals surface area contributed by atoms with Gasteiger partial charge in [-0.3, -0.25) is 4.79 Å². The molecular formula is C16H19N3O3.